The Balaban J connectivity index is 1.78. The Labute approximate surface area is 212 Å². The summed E-state index contributed by atoms with van der Waals surface area (Å²) in [7, 11) is -1.22. The Kier molecular flexibility index (Phi) is 6.95. The van der Waals surface area contributed by atoms with Crippen LogP contribution in [0.25, 0.3) is 17.3 Å². The lowest BCUT2D eigenvalue weighted by Crippen LogP contribution is -2.30. The second-order valence-corrected chi connectivity index (χ2v) is 10.4. The zero-order chi connectivity index (χ0) is 26.8. The number of nitrogens with zero attached hydrogens (tertiary/aromatic N) is 6. The van der Waals surface area contributed by atoms with Gasteiger partial charge in [-0.1, -0.05) is 6.07 Å². The average molecular weight is 527 g/mol. The molecule has 0 aliphatic rings. The van der Waals surface area contributed by atoms with E-state index in [4.69, 9.17) is 19.2 Å². The molecule has 0 unspecified atom stereocenters. The van der Waals surface area contributed by atoms with Crippen LogP contribution in [0.1, 0.15) is 29.9 Å². The molecule has 3 aromatic heterocycles. The van der Waals surface area contributed by atoms with Crippen LogP contribution in [0.15, 0.2) is 47.1 Å². The van der Waals surface area contributed by atoms with Gasteiger partial charge < -0.3 is 13.9 Å². The maximum atomic E-state index is 15.5. The zero-order valence-corrected chi connectivity index (χ0v) is 21.3. The van der Waals surface area contributed by atoms with Gasteiger partial charge in [-0.3, -0.25) is 4.57 Å². The molecule has 11 nitrogen and oxygen atoms in total. The lowest BCUT2D eigenvalue weighted by Gasteiger charge is -2.19. The Hall–Kier alpha value is -4.31. The van der Waals surface area contributed by atoms with E-state index in [9.17, 15) is 8.42 Å². The number of alkyl halides is 1. The van der Waals surface area contributed by atoms with Gasteiger partial charge in [0.25, 0.3) is 0 Å². The van der Waals surface area contributed by atoms with E-state index in [0.29, 0.717) is 28.7 Å². The summed E-state index contributed by atoms with van der Waals surface area (Å²) < 4.78 is 60.2. The number of furan rings is 1. The molecule has 0 spiro atoms. The fourth-order valence-corrected chi connectivity index (χ4v) is 5.43. The molecule has 3 heterocycles. The third-order valence-corrected chi connectivity index (χ3v) is 7.08. The van der Waals surface area contributed by atoms with Gasteiger partial charge >= 0.3 is 0 Å². The van der Waals surface area contributed by atoms with E-state index in [-0.39, 0.29) is 23.0 Å². The molecule has 0 saturated heterocycles. The van der Waals surface area contributed by atoms with Gasteiger partial charge in [-0.05, 0) is 38.1 Å². The molecular weight excluding hydrogens is 503 g/mol. The SMILES string of the molecule is COc1cccc(OC)c1-n1c(CS(=O)(=O)C[C@](C)(F)c2ncc(C#N)cn2)nnc1-c1ccc(C)o1. The number of sulfone groups is 1. The first-order valence-corrected chi connectivity index (χ1v) is 12.7. The highest BCUT2D eigenvalue weighted by atomic mass is 32.2. The number of ether oxygens (including phenoxy) is 2. The molecule has 0 aliphatic heterocycles. The normalized spacial score (nSPS) is 13.1. The van der Waals surface area contributed by atoms with Crippen LogP contribution in [0.3, 0.4) is 0 Å². The van der Waals surface area contributed by atoms with Crippen LogP contribution >= 0.6 is 0 Å². The van der Waals surface area contributed by atoms with Crippen LogP contribution in [-0.4, -0.2) is 53.1 Å². The molecule has 1 atom stereocenters. The van der Waals surface area contributed by atoms with Crippen LogP contribution in [0.2, 0.25) is 0 Å². The molecule has 4 rings (SSSR count). The molecule has 4 aromatic rings. The number of hydrogen-bond acceptors (Lipinski definition) is 10. The molecule has 0 N–H and O–H groups in total. The number of benzene rings is 1. The molecule has 0 bridgehead atoms. The van der Waals surface area contributed by atoms with Gasteiger partial charge in [0.1, 0.15) is 34.8 Å². The molecule has 192 valence electrons. The van der Waals surface area contributed by atoms with Gasteiger partial charge in [-0.15, -0.1) is 10.2 Å². The second-order valence-electron chi connectivity index (χ2n) is 8.33. The van der Waals surface area contributed by atoms with Gasteiger partial charge in [0.15, 0.2) is 32.9 Å². The molecule has 13 heteroatoms. The van der Waals surface area contributed by atoms with Crippen LogP contribution in [-0.2, 0) is 21.3 Å². The topological polar surface area (TPSA) is 146 Å². The number of methoxy groups -OCH3 is 2. The first-order valence-electron chi connectivity index (χ1n) is 10.9. The maximum Gasteiger partial charge on any atom is 0.204 e. The van der Waals surface area contributed by atoms with E-state index in [2.05, 4.69) is 20.2 Å². The molecule has 0 fully saturated rings. The summed E-state index contributed by atoms with van der Waals surface area (Å²) >= 11 is 0. The molecule has 0 aliphatic carbocycles. The number of aromatic nitrogens is 5. The number of aryl methyl sites for hydroxylation is 1. The van der Waals surface area contributed by atoms with Crippen molar-refractivity contribution in [3.05, 3.63) is 65.7 Å². The summed E-state index contributed by atoms with van der Waals surface area (Å²) in [5.41, 5.74) is -1.95. The minimum absolute atomic E-state index is 0.0107. The lowest BCUT2D eigenvalue weighted by atomic mass is 10.1. The van der Waals surface area contributed by atoms with Crippen molar-refractivity contribution in [2.75, 3.05) is 20.0 Å². The van der Waals surface area contributed by atoms with E-state index >= 15 is 4.39 Å². The summed E-state index contributed by atoms with van der Waals surface area (Å²) in [6.45, 7) is 2.82. The predicted molar refractivity (Wildman–Crippen MR) is 130 cm³/mol. The van der Waals surface area contributed by atoms with Crippen molar-refractivity contribution >= 4 is 9.84 Å². The minimum atomic E-state index is -4.15. The first kappa shape index (κ1) is 25.8. The van der Waals surface area contributed by atoms with Crippen molar-refractivity contribution in [3.8, 4) is 34.8 Å². The van der Waals surface area contributed by atoms with Gasteiger partial charge in [0, 0.05) is 12.4 Å². The average Bonchev–Trinajstić information content (AvgIpc) is 3.48. The molecule has 0 amide bonds. The molecule has 0 radical (unpaired) electrons. The first-order chi connectivity index (χ1) is 17.6. The zero-order valence-electron chi connectivity index (χ0n) is 20.5. The molecule has 37 heavy (non-hydrogen) atoms. The van der Waals surface area contributed by atoms with Crippen molar-refractivity contribution < 1.29 is 26.7 Å². The number of halogens is 1. The van der Waals surface area contributed by atoms with Crippen molar-refractivity contribution in [1.29, 1.82) is 5.26 Å². The Morgan fingerprint density at radius 1 is 1.11 bits per heavy atom. The minimum Gasteiger partial charge on any atom is -0.494 e. The van der Waals surface area contributed by atoms with Gasteiger partial charge in [0.05, 0.1) is 25.5 Å². The second kappa shape index (κ2) is 9.98. The van der Waals surface area contributed by atoms with E-state index in [1.807, 2.05) is 6.07 Å². The molecule has 1 aromatic carbocycles. The van der Waals surface area contributed by atoms with E-state index in [0.717, 1.165) is 19.3 Å². The highest BCUT2D eigenvalue weighted by Crippen LogP contribution is 2.37. The van der Waals surface area contributed by atoms with E-state index < -0.39 is 27.0 Å². The number of nitriles is 1. The summed E-state index contributed by atoms with van der Waals surface area (Å²) in [5, 5.41) is 17.2. The predicted octanol–water partition coefficient (Wildman–Crippen LogP) is 3.31. The van der Waals surface area contributed by atoms with Crippen LogP contribution in [0.5, 0.6) is 11.5 Å². The third kappa shape index (κ3) is 5.29. The summed E-state index contributed by atoms with van der Waals surface area (Å²) in [5.74, 6) is -0.0811. The van der Waals surface area contributed by atoms with Crippen molar-refractivity contribution in [1.82, 2.24) is 24.7 Å². The van der Waals surface area contributed by atoms with E-state index in [1.54, 1.807) is 37.3 Å². The van der Waals surface area contributed by atoms with Gasteiger partial charge in [-0.25, -0.2) is 22.8 Å². The number of hydrogen-bond donors (Lipinski definition) is 0. The third-order valence-electron chi connectivity index (χ3n) is 5.40. The van der Waals surface area contributed by atoms with Crippen LogP contribution in [0, 0.1) is 18.3 Å². The Morgan fingerprint density at radius 3 is 2.30 bits per heavy atom. The van der Waals surface area contributed by atoms with Gasteiger partial charge in [-0.2, -0.15) is 5.26 Å². The quantitative estimate of drug-likeness (QED) is 0.318. The lowest BCUT2D eigenvalue weighted by molar-refractivity contribution is 0.209. The molecular formula is C24H23FN6O5S. The largest absolute Gasteiger partial charge is 0.494 e. The smallest absolute Gasteiger partial charge is 0.204 e. The van der Waals surface area contributed by atoms with Crippen LogP contribution < -0.4 is 9.47 Å². The van der Waals surface area contributed by atoms with Crippen molar-refractivity contribution in [3.63, 3.8) is 0 Å². The fourth-order valence-electron chi connectivity index (χ4n) is 3.79. The molecule has 0 saturated carbocycles. The van der Waals surface area contributed by atoms with Gasteiger partial charge in [0.2, 0.25) is 5.82 Å². The maximum absolute atomic E-state index is 15.5. The van der Waals surface area contributed by atoms with E-state index in [1.165, 1.54) is 18.8 Å². The fraction of sp³-hybridized carbons (Fsp3) is 0.292. The van der Waals surface area contributed by atoms with Crippen LogP contribution in [0.4, 0.5) is 4.39 Å². The number of rotatable bonds is 9. The van der Waals surface area contributed by atoms with Crippen molar-refractivity contribution in [2.24, 2.45) is 0 Å². The van der Waals surface area contributed by atoms with Crippen molar-refractivity contribution in [2.45, 2.75) is 25.3 Å². The number of para-hydroxylation sites is 1. The summed E-state index contributed by atoms with van der Waals surface area (Å²) in [6, 6.07) is 10.3. The monoisotopic (exact) mass is 526 g/mol. The summed E-state index contributed by atoms with van der Waals surface area (Å²) in [4.78, 5) is 7.63. The Morgan fingerprint density at radius 2 is 1.76 bits per heavy atom. The highest BCUT2D eigenvalue weighted by Gasteiger charge is 2.37. The Bertz CT molecular complexity index is 1550. The summed E-state index contributed by atoms with van der Waals surface area (Å²) in [6.07, 6.45) is 2.27. The highest BCUT2D eigenvalue weighted by molar-refractivity contribution is 7.90. The standard InChI is InChI=1S/C24H23FN6O5S/c1-15-8-9-19(36-15)22-30-29-20(31(22)21-17(34-3)6-5-7-18(21)35-4)13-37(32,33)14-24(2,25)23-27-11-16(10-26)12-28-23/h5-9,11-12H,13-14H2,1-4H3/t24-/m0/s1.